The molecule has 0 saturated carbocycles. The van der Waals surface area contributed by atoms with Gasteiger partial charge in [0.2, 0.25) is 0 Å². The Bertz CT molecular complexity index is 3170. The summed E-state index contributed by atoms with van der Waals surface area (Å²) in [6.07, 6.45) is 0. The molecule has 0 aliphatic rings. The highest BCUT2D eigenvalue weighted by Crippen LogP contribution is 2.38. The maximum atomic E-state index is 11.9. The first-order chi connectivity index (χ1) is 32.2. The number of hydrogen-bond acceptors (Lipinski definition) is 6. The van der Waals surface area contributed by atoms with Crippen molar-refractivity contribution in [2.75, 3.05) is 13.2 Å². The molecule has 0 amide bonds. The van der Waals surface area contributed by atoms with Gasteiger partial charge in [-0.25, -0.2) is 9.59 Å². The highest BCUT2D eigenvalue weighted by atomic mass is 79.9. The lowest BCUT2D eigenvalue weighted by Crippen LogP contribution is -2.29. The predicted molar refractivity (Wildman–Crippen MR) is 275 cm³/mol. The topological polar surface area (TPSA) is 93.1 Å². The molecule has 0 bridgehead atoms. The lowest BCUT2D eigenvalue weighted by molar-refractivity contribution is 0.0517. The number of carbonyl (C=O) groups is 2. The van der Waals surface area contributed by atoms with Crippen LogP contribution in [0.1, 0.15) is 34.6 Å². The Morgan fingerprint density at radius 2 is 0.727 bits per heavy atom. The summed E-state index contributed by atoms with van der Waals surface area (Å²) < 4.78 is 10.9. The van der Waals surface area contributed by atoms with Crippen molar-refractivity contribution in [2.45, 2.75) is 13.8 Å². The monoisotopic (exact) mass is 928 g/mol. The zero-order valence-electron chi connectivity index (χ0n) is 36.5. The molecule has 2 N–H and O–H groups in total. The van der Waals surface area contributed by atoms with Gasteiger partial charge in [0, 0.05) is 4.47 Å². The van der Waals surface area contributed by atoms with Crippen LogP contribution in [0, 0.1) is 0 Å². The van der Waals surface area contributed by atoms with Crippen LogP contribution in [0.25, 0.3) is 76.5 Å². The Morgan fingerprint density at radius 1 is 0.424 bits per heavy atom. The number of halogens is 1. The second kappa shape index (κ2) is 21.1. The standard InChI is InChI=1S/C29H22O2.C20H13Br.C9H11BO4/c1-2-31-29(30)23-17-13-21(14-18-23)20-11-15-22(16-12-20)28-26-9-5-3-7-24(26)19-25-8-4-6-10-27(25)28;21-17-11-9-14(10-12-17)20-18-7-3-1-5-15(18)13-16-6-2-4-8-19(16)20;1-2-14-9(11)7-3-5-8(6-4-7)10(12)13/h3-19H,2H2,1H3;1-13H;3-6,12-13H,2H2,1H3. The van der Waals surface area contributed by atoms with E-state index >= 15 is 0 Å². The van der Waals surface area contributed by atoms with Crippen LogP contribution in [0.3, 0.4) is 0 Å². The van der Waals surface area contributed by atoms with Crippen molar-refractivity contribution >= 4 is 83.5 Å². The van der Waals surface area contributed by atoms with Gasteiger partial charge in [-0.05, 0) is 144 Å². The minimum Gasteiger partial charge on any atom is -0.462 e. The summed E-state index contributed by atoms with van der Waals surface area (Å²) in [6, 6.07) is 69.5. The van der Waals surface area contributed by atoms with Crippen LogP contribution >= 0.6 is 15.9 Å². The Labute approximate surface area is 393 Å². The fraction of sp³-hybridized carbons (Fsp3) is 0.0690. The highest BCUT2D eigenvalue weighted by molar-refractivity contribution is 9.10. The van der Waals surface area contributed by atoms with Crippen molar-refractivity contribution in [3.8, 4) is 33.4 Å². The van der Waals surface area contributed by atoms with Crippen molar-refractivity contribution in [2.24, 2.45) is 0 Å². The van der Waals surface area contributed by atoms with Crippen molar-refractivity contribution in [1.82, 2.24) is 0 Å². The van der Waals surface area contributed by atoms with Crippen molar-refractivity contribution in [1.29, 1.82) is 0 Å². The first-order valence-corrected chi connectivity index (χ1v) is 22.6. The first kappa shape index (κ1) is 45.2. The fourth-order valence-electron chi connectivity index (χ4n) is 8.11. The third kappa shape index (κ3) is 10.3. The highest BCUT2D eigenvalue weighted by Gasteiger charge is 2.14. The SMILES string of the molecule is Brc1ccc(-c2c3ccccc3cc3ccccc23)cc1.CCOC(=O)c1ccc(-c2ccc(-c3c4ccccc4cc4ccccc34)cc2)cc1.CCOC(=O)c1ccc(B(O)O)cc1. The van der Waals surface area contributed by atoms with Crippen molar-refractivity contribution in [3.63, 3.8) is 0 Å². The van der Waals surface area contributed by atoms with E-state index in [-0.39, 0.29) is 5.97 Å². The van der Waals surface area contributed by atoms with E-state index in [4.69, 9.17) is 19.5 Å². The molecule has 0 spiro atoms. The van der Waals surface area contributed by atoms with E-state index in [1.54, 1.807) is 6.92 Å². The molecular formula is C58H46BBrO6. The number of benzene rings is 10. The molecule has 0 radical (unpaired) electrons. The van der Waals surface area contributed by atoms with Gasteiger partial charge < -0.3 is 19.5 Å². The van der Waals surface area contributed by atoms with Crippen LogP contribution in [0.5, 0.6) is 0 Å². The molecule has 0 heterocycles. The average Bonchev–Trinajstić information content (AvgIpc) is 3.36. The van der Waals surface area contributed by atoms with Crippen LogP contribution in [0.2, 0.25) is 0 Å². The quantitative estimate of drug-likeness (QED) is 0.0896. The molecular weight excluding hydrogens is 883 g/mol. The molecule has 0 saturated heterocycles. The summed E-state index contributed by atoms with van der Waals surface area (Å²) in [5.41, 5.74) is 8.53. The van der Waals surface area contributed by atoms with E-state index in [2.05, 4.69) is 174 Å². The Morgan fingerprint density at radius 3 is 1.08 bits per heavy atom. The second-order valence-corrected chi connectivity index (χ2v) is 16.4. The van der Waals surface area contributed by atoms with Gasteiger partial charge in [-0.2, -0.15) is 0 Å². The lowest BCUT2D eigenvalue weighted by atomic mass is 9.80. The van der Waals surface area contributed by atoms with Gasteiger partial charge in [0.25, 0.3) is 0 Å². The van der Waals surface area contributed by atoms with Gasteiger partial charge in [-0.15, -0.1) is 0 Å². The predicted octanol–water partition coefficient (Wildman–Crippen LogP) is 13.5. The summed E-state index contributed by atoms with van der Waals surface area (Å²) in [5.74, 6) is -0.696. The molecule has 66 heavy (non-hydrogen) atoms. The summed E-state index contributed by atoms with van der Waals surface area (Å²) in [4.78, 5) is 23.1. The van der Waals surface area contributed by atoms with Gasteiger partial charge in [0.1, 0.15) is 0 Å². The van der Waals surface area contributed by atoms with Crippen LogP contribution in [0.15, 0.2) is 211 Å². The molecule has 8 heteroatoms. The summed E-state index contributed by atoms with van der Waals surface area (Å²) in [6.45, 7) is 4.24. The van der Waals surface area contributed by atoms with Crippen LogP contribution in [0.4, 0.5) is 0 Å². The van der Waals surface area contributed by atoms with E-state index in [9.17, 15) is 9.59 Å². The number of rotatable bonds is 8. The molecule has 0 aromatic heterocycles. The maximum absolute atomic E-state index is 11.9. The zero-order chi connectivity index (χ0) is 46.0. The molecule has 0 aliphatic heterocycles. The number of fused-ring (bicyclic) bond motifs is 4. The van der Waals surface area contributed by atoms with Gasteiger partial charge in [-0.3, -0.25) is 0 Å². The van der Waals surface area contributed by atoms with E-state index in [0.717, 1.165) is 15.6 Å². The van der Waals surface area contributed by atoms with Crippen LogP contribution in [-0.4, -0.2) is 42.3 Å². The maximum Gasteiger partial charge on any atom is 0.488 e. The third-order valence-corrected chi connectivity index (χ3v) is 11.8. The molecule has 324 valence electrons. The zero-order valence-corrected chi connectivity index (χ0v) is 38.1. The van der Waals surface area contributed by atoms with Crippen LogP contribution < -0.4 is 5.46 Å². The summed E-state index contributed by atoms with van der Waals surface area (Å²) in [7, 11) is -1.51. The van der Waals surface area contributed by atoms with Crippen molar-refractivity contribution < 1.29 is 29.1 Å². The van der Waals surface area contributed by atoms with E-state index in [0.29, 0.717) is 29.8 Å². The van der Waals surface area contributed by atoms with E-state index < -0.39 is 13.1 Å². The Balaban J connectivity index is 0.000000146. The molecule has 6 nitrogen and oxygen atoms in total. The molecule has 0 unspecified atom stereocenters. The molecule has 10 aromatic rings. The van der Waals surface area contributed by atoms with Gasteiger partial charge in [-0.1, -0.05) is 174 Å². The lowest BCUT2D eigenvalue weighted by Gasteiger charge is -2.13. The van der Waals surface area contributed by atoms with Gasteiger partial charge in [0.15, 0.2) is 0 Å². The van der Waals surface area contributed by atoms with E-state index in [1.807, 2.05) is 31.2 Å². The molecule has 10 aromatic carbocycles. The summed E-state index contributed by atoms with van der Waals surface area (Å²) >= 11 is 3.52. The molecule has 0 atom stereocenters. The third-order valence-electron chi connectivity index (χ3n) is 11.3. The minimum absolute atomic E-state index is 0.285. The largest absolute Gasteiger partial charge is 0.488 e. The number of hydrogen-bond donors (Lipinski definition) is 2. The van der Waals surface area contributed by atoms with Crippen molar-refractivity contribution in [3.05, 3.63) is 222 Å². The van der Waals surface area contributed by atoms with Gasteiger partial charge >= 0.3 is 19.1 Å². The molecule has 0 fully saturated rings. The first-order valence-electron chi connectivity index (χ1n) is 21.8. The van der Waals surface area contributed by atoms with E-state index in [1.165, 1.54) is 89.6 Å². The Kier molecular flexibility index (Phi) is 14.5. The number of ether oxygens (including phenoxy) is 2. The normalized spacial score (nSPS) is 10.7. The average molecular weight is 930 g/mol. The second-order valence-electron chi connectivity index (χ2n) is 15.5. The molecule has 0 aliphatic carbocycles. The van der Waals surface area contributed by atoms with Gasteiger partial charge in [0.05, 0.1) is 24.3 Å². The smallest absolute Gasteiger partial charge is 0.462 e. The molecule has 10 rings (SSSR count). The van der Waals surface area contributed by atoms with Crippen LogP contribution in [-0.2, 0) is 9.47 Å². The summed E-state index contributed by atoms with van der Waals surface area (Å²) in [5, 5.41) is 27.8. The Hall–Kier alpha value is -7.36. The number of carbonyl (C=O) groups excluding carboxylic acids is 2. The fourth-order valence-corrected chi connectivity index (χ4v) is 8.38. The number of esters is 2. The minimum atomic E-state index is -1.51.